The molecule has 1 atom stereocenters. The largest absolute Gasteiger partial charge is 0.0718 e. The predicted molar refractivity (Wildman–Crippen MR) is 98.3 cm³/mol. The van der Waals surface area contributed by atoms with Gasteiger partial charge in [0.05, 0.1) is 0 Å². The van der Waals surface area contributed by atoms with Gasteiger partial charge in [-0.3, -0.25) is 0 Å². The van der Waals surface area contributed by atoms with E-state index >= 15 is 0 Å². The Morgan fingerprint density at radius 2 is 1.67 bits per heavy atom. The van der Waals surface area contributed by atoms with E-state index in [1.54, 1.807) is 10.9 Å². The van der Waals surface area contributed by atoms with Crippen molar-refractivity contribution in [2.24, 2.45) is 0 Å². The first-order valence-electron chi connectivity index (χ1n) is 9.21. The monoisotopic (exact) mass is 304 g/mol. The van der Waals surface area contributed by atoms with Gasteiger partial charge >= 0.3 is 0 Å². The van der Waals surface area contributed by atoms with Crippen molar-refractivity contribution in [3.8, 4) is 0 Å². The maximum atomic E-state index is 2.47. The van der Waals surface area contributed by atoms with Crippen molar-refractivity contribution >= 4 is 13.2 Å². The van der Waals surface area contributed by atoms with Crippen LogP contribution in [0, 0.1) is 0 Å². The Hall–Kier alpha value is -0.350. The smallest absolute Gasteiger partial charge is 0.0169 e. The summed E-state index contributed by atoms with van der Waals surface area (Å²) in [6.45, 7) is 4.65. The van der Waals surface area contributed by atoms with Crippen molar-refractivity contribution in [2.45, 2.75) is 83.7 Å². The lowest BCUT2D eigenvalue weighted by Crippen LogP contribution is -2.21. The summed E-state index contributed by atoms with van der Waals surface area (Å²) in [7, 11) is 0.0828. The predicted octanol–water partition coefficient (Wildman–Crippen LogP) is 6.27. The average molecular weight is 304 g/mol. The number of hydrogen-bond acceptors (Lipinski definition) is 0. The Bertz CT molecular complexity index is 393. The molecule has 1 aromatic rings. The first-order chi connectivity index (χ1) is 10.4. The highest BCUT2D eigenvalue weighted by Gasteiger charge is 2.25. The highest BCUT2D eigenvalue weighted by molar-refractivity contribution is 7.66. The molecule has 0 aromatic heterocycles. The molecular weight excluding hydrogens is 271 g/mol. The third kappa shape index (κ3) is 5.10. The van der Waals surface area contributed by atoms with Crippen LogP contribution in [0.1, 0.15) is 77.2 Å². The molecule has 0 radical (unpaired) electrons. The topological polar surface area (TPSA) is 0 Å². The normalized spacial score (nSPS) is 17.8. The number of hydrogen-bond donors (Lipinski definition) is 0. The quantitative estimate of drug-likeness (QED) is 0.496. The molecule has 1 unspecified atom stereocenters. The van der Waals surface area contributed by atoms with Gasteiger partial charge in [0.2, 0.25) is 0 Å². The zero-order valence-corrected chi connectivity index (χ0v) is 15.0. The summed E-state index contributed by atoms with van der Waals surface area (Å²) in [5, 5.41) is 1.77. The molecule has 21 heavy (non-hydrogen) atoms. The zero-order valence-electron chi connectivity index (χ0n) is 14.1. The fourth-order valence-corrected chi connectivity index (χ4v) is 7.07. The van der Waals surface area contributed by atoms with Crippen LogP contribution in [0.15, 0.2) is 24.3 Å². The summed E-state index contributed by atoms with van der Waals surface area (Å²) in [5.41, 5.74) is 2.69. The summed E-state index contributed by atoms with van der Waals surface area (Å²) < 4.78 is 0. The molecular formula is C20H33P. The van der Waals surface area contributed by atoms with Crippen LogP contribution < -0.4 is 5.30 Å². The third-order valence-corrected chi connectivity index (χ3v) is 8.12. The Kier molecular flexibility index (Phi) is 7.80. The number of benzene rings is 1. The molecule has 1 heteroatoms. The molecule has 118 valence electrons. The molecule has 0 aliphatic heterocycles. The maximum absolute atomic E-state index is 2.47. The molecule has 0 nitrogen and oxygen atoms in total. The van der Waals surface area contributed by atoms with Crippen LogP contribution in [0.3, 0.4) is 0 Å². The first kappa shape index (κ1) is 17.0. The molecule has 1 aliphatic carbocycles. The molecule has 1 saturated carbocycles. The van der Waals surface area contributed by atoms with E-state index in [1.165, 1.54) is 70.4 Å². The van der Waals surface area contributed by atoms with E-state index in [2.05, 4.69) is 38.1 Å². The minimum absolute atomic E-state index is 0.0828. The fourth-order valence-electron chi connectivity index (χ4n) is 3.59. The van der Waals surface area contributed by atoms with E-state index in [-0.39, 0.29) is 7.92 Å². The van der Waals surface area contributed by atoms with Crippen molar-refractivity contribution in [1.29, 1.82) is 0 Å². The molecule has 0 saturated heterocycles. The van der Waals surface area contributed by atoms with Crippen LogP contribution in [0.2, 0.25) is 0 Å². The number of unbranched alkanes of at least 4 members (excludes halogenated alkanes) is 2. The molecule has 0 amide bonds. The average Bonchev–Trinajstić information content (AvgIpc) is 2.55. The van der Waals surface area contributed by atoms with Gasteiger partial charge in [0.15, 0.2) is 0 Å². The third-order valence-electron chi connectivity index (χ3n) is 4.87. The van der Waals surface area contributed by atoms with Crippen molar-refractivity contribution < 1.29 is 0 Å². The second-order valence-electron chi connectivity index (χ2n) is 6.57. The molecule has 1 aromatic carbocycles. The molecule has 0 heterocycles. The molecule has 1 aliphatic rings. The lowest BCUT2D eigenvalue weighted by Gasteiger charge is -2.32. The standard InChI is InChI=1S/C20H33P/c1-3-5-12-18-13-10-11-16-20(18)21(17-6-4-2)19-14-8-7-9-15-19/h10-11,13,16,19H,3-9,12,14-15,17H2,1-2H3. The second-order valence-corrected chi connectivity index (χ2v) is 9.17. The molecule has 2 rings (SSSR count). The maximum Gasteiger partial charge on any atom is -0.0169 e. The summed E-state index contributed by atoms with van der Waals surface area (Å²) in [6.07, 6.45) is 15.6. The van der Waals surface area contributed by atoms with Crippen molar-refractivity contribution in [3.05, 3.63) is 29.8 Å². The summed E-state index contributed by atoms with van der Waals surface area (Å²) in [6, 6.07) is 9.42. The van der Waals surface area contributed by atoms with Gasteiger partial charge < -0.3 is 0 Å². The van der Waals surface area contributed by atoms with Crippen LogP contribution in [0.4, 0.5) is 0 Å². The van der Waals surface area contributed by atoms with Crippen LogP contribution in [0.5, 0.6) is 0 Å². The lowest BCUT2D eigenvalue weighted by molar-refractivity contribution is 0.511. The highest BCUT2D eigenvalue weighted by atomic mass is 31.1. The van der Waals surface area contributed by atoms with Gasteiger partial charge in [-0.2, -0.15) is 0 Å². The van der Waals surface area contributed by atoms with Crippen LogP contribution in [-0.4, -0.2) is 11.8 Å². The molecule has 1 fully saturated rings. The minimum Gasteiger partial charge on any atom is -0.0718 e. The highest BCUT2D eigenvalue weighted by Crippen LogP contribution is 2.48. The number of rotatable bonds is 8. The summed E-state index contributed by atoms with van der Waals surface area (Å²) in [4.78, 5) is 0. The van der Waals surface area contributed by atoms with Crippen molar-refractivity contribution in [2.75, 3.05) is 6.16 Å². The van der Waals surface area contributed by atoms with Gasteiger partial charge in [0, 0.05) is 0 Å². The van der Waals surface area contributed by atoms with E-state index in [0.717, 1.165) is 5.66 Å². The van der Waals surface area contributed by atoms with Gasteiger partial charge in [0.1, 0.15) is 0 Å². The molecule has 0 spiro atoms. The fraction of sp³-hybridized carbons (Fsp3) is 0.700. The van der Waals surface area contributed by atoms with E-state index < -0.39 is 0 Å². The molecule has 0 N–H and O–H groups in total. The number of aryl methyl sites for hydroxylation is 1. The second kappa shape index (κ2) is 9.62. The van der Waals surface area contributed by atoms with Crippen LogP contribution in [0.25, 0.3) is 0 Å². The van der Waals surface area contributed by atoms with Crippen molar-refractivity contribution in [3.63, 3.8) is 0 Å². The summed E-state index contributed by atoms with van der Waals surface area (Å²) in [5.74, 6) is 0. The Labute approximate surface area is 133 Å². The van der Waals surface area contributed by atoms with Crippen LogP contribution >= 0.6 is 7.92 Å². The van der Waals surface area contributed by atoms with E-state index in [1.807, 2.05) is 0 Å². The van der Waals surface area contributed by atoms with Gasteiger partial charge in [-0.1, -0.05) is 78.1 Å². The molecule has 0 bridgehead atoms. The van der Waals surface area contributed by atoms with Gasteiger partial charge in [0.25, 0.3) is 0 Å². The van der Waals surface area contributed by atoms with E-state index in [4.69, 9.17) is 0 Å². The zero-order chi connectivity index (χ0) is 14.9. The van der Waals surface area contributed by atoms with Gasteiger partial charge in [-0.25, -0.2) is 0 Å². The van der Waals surface area contributed by atoms with E-state index in [0.29, 0.717) is 0 Å². The van der Waals surface area contributed by atoms with Crippen molar-refractivity contribution in [1.82, 2.24) is 0 Å². The SMILES string of the molecule is CCCCc1ccccc1P(CCCC)C1CCCCC1. The Morgan fingerprint density at radius 1 is 0.952 bits per heavy atom. The van der Waals surface area contributed by atoms with Gasteiger partial charge in [-0.15, -0.1) is 0 Å². The Balaban J connectivity index is 2.18. The summed E-state index contributed by atoms with van der Waals surface area (Å²) >= 11 is 0. The van der Waals surface area contributed by atoms with E-state index in [9.17, 15) is 0 Å². The first-order valence-corrected chi connectivity index (χ1v) is 10.8. The minimum atomic E-state index is 0.0828. The van der Waals surface area contributed by atoms with Gasteiger partial charge in [-0.05, 0) is 54.8 Å². The lowest BCUT2D eigenvalue weighted by atomic mass is 10.0. The van der Waals surface area contributed by atoms with Crippen LogP contribution in [-0.2, 0) is 6.42 Å². The Morgan fingerprint density at radius 3 is 2.38 bits per heavy atom.